The predicted octanol–water partition coefficient (Wildman–Crippen LogP) is 2.71. The Balaban J connectivity index is 1.69. The van der Waals surface area contributed by atoms with E-state index >= 15 is 0 Å². The van der Waals surface area contributed by atoms with Crippen LogP contribution in [0.5, 0.6) is 5.75 Å². The van der Waals surface area contributed by atoms with Crippen molar-refractivity contribution in [2.75, 3.05) is 6.54 Å². The number of aryl methyl sites for hydroxylation is 2. The van der Waals surface area contributed by atoms with Gasteiger partial charge < -0.3 is 9.84 Å². The Labute approximate surface area is 152 Å². The molecule has 1 aliphatic rings. The van der Waals surface area contributed by atoms with Gasteiger partial charge in [-0.2, -0.15) is 5.10 Å². The van der Waals surface area contributed by atoms with E-state index in [1.165, 1.54) is 5.56 Å². The Bertz CT molecular complexity index is 937. The lowest BCUT2D eigenvalue weighted by Gasteiger charge is -2.21. The normalized spacial score (nSPS) is 21.2. The van der Waals surface area contributed by atoms with Gasteiger partial charge in [-0.3, -0.25) is 10.3 Å². The van der Waals surface area contributed by atoms with Gasteiger partial charge in [0.2, 0.25) is 0 Å². The average molecular weight is 352 g/mol. The van der Waals surface area contributed by atoms with Crippen LogP contribution < -0.4 is 10.1 Å². The fourth-order valence-electron chi connectivity index (χ4n) is 3.42. The number of aliphatic hydroxyl groups is 1. The fraction of sp³-hybridized carbons (Fsp3) is 0.400. The van der Waals surface area contributed by atoms with E-state index < -0.39 is 6.23 Å². The average Bonchev–Trinajstić information content (AvgIpc) is 3.26. The van der Waals surface area contributed by atoms with Crippen LogP contribution in [0.3, 0.4) is 0 Å². The van der Waals surface area contributed by atoms with Crippen LogP contribution in [-0.2, 0) is 0 Å². The first kappa shape index (κ1) is 17.0. The summed E-state index contributed by atoms with van der Waals surface area (Å²) in [4.78, 5) is 4.70. The molecule has 1 unspecified atom stereocenters. The molecular formula is C20H24N4O2. The van der Waals surface area contributed by atoms with Gasteiger partial charge in [0.15, 0.2) is 0 Å². The lowest BCUT2D eigenvalue weighted by atomic mass is 10.0. The van der Waals surface area contributed by atoms with Crippen LogP contribution in [0.4, 0.5) is 0 Å². The van der Waals surface area contributed by atoms with Gasteiger partial charge in [0, 0.05) is 29.9 Å². The highest BCUT2D eigenvalue weighted by Gasteiger charge is 2.28. The number of aliphatic hydroxyl groups excluding tert-OH is 1. The second-order valence-corrected chi connectivity index (χ2v) is 7.10. The van der Waals surface area contributed by atoms with Gasteiger partial charge in [-0.05, 0) is 51.0 Å². The van der Waals surface area contributed by atoms with Crippen LogP contribution in [0.15, 0.2) is 36.7 Å². The zero-order chi connectivity index (χ0) is 18.3. The van der Waals surface area contributed by atoms with E-state index in [2.05, 4.69) is 30.3 Å². The second-order valence-electron chi connectivity index (χ2n) is 7.10. The van der Waals surface area contributed by atoms with E-state index in [1.54, 1.807) is 6.20 Å². The number of hydrogen-bond donors (Lipinski definition) is 2. The molecule has 6 nitrogen and oxygen atoms in total. The summed E-state index contributed by atoms with van der Waals surface area (Å²) in [5.74, 6) is 1.06. The van der Waals surface area contributed by atoms with E-state index in [1.807, 2.05) is 35.8 Å². The van der Waals surface area contributed by atoms with Crippen LogP contribution in [0.1, 0.15) is 24.6 Å². The monoisotopic (exact) mass is 352 g/mol. The summed E-state index contributed by atoms with van der Waals surface area (Å²) in [5.41, 5.74) is 4.99. The Morgan fingerprint density at radius 2 is 2.15 bits per heavy atom. The van der Waals surface area contributed by atoms with Gasteiger partial charge in [0.05, 0.1) is 11.9 Å². The molecule has 3 aromatic heterocycles. The van der Waals surface area contributed by atoms with Crippen molar-refractivity contribution in [3.63, 3.8) is 0 Å². The number of nitrogens with zero attached hydrogens (tertiary/aromatic N) is 3. The van der Waals surface area contributed by atoms with Crippen molar-refractivity contribution in [1.29, 1.82) is 0 Å². The predicted molar refractivity (Wildman–Crippen MR) is 100 cm³/mol. The molecule has 2 N–H and O–H groups in total. The van der Waals surface area contributed by atoms with Gasteiger partial charge in [-0.15, -0.1) is 0 Å². The number of aromatic nitrogens is 3. The molecular weight excluding hydrogens is 328 g/mol. The molecule has 0 saturated carbocycles. The van der Waals surface area contributed by atoms with Crippen LogP contribution in [0.25, 0.3) is 16.8 Å². The summed E-state index contributed by atoms with van der Waals surface area (Å²) < 4.78 is 8.12. The molecule has 3 atom stereocenters. The fourth-order valence-corrected chi connectivity index (χ4v) is 3.42. The topological polar surface area (TPSA) is 71.7 Å². The zero-order valence-electron chi connectivity index (χ0n) is 15.3. The van der Waals surface area contributed by atoms with Crippen molar-refractivity contribution < 1.29 is 9.84 Å². The smallest absolute Gasteiger partial charge is 0.146 e. The third-order valence-corrected chi connectivity index (χ3v) is 5.23. The van der Waals surface area contributed by atoms with Crippen molar-refractivity contribution in [1.82, 2.24) is 19.9 Å². The minimum absolute atomic E-state index is 0.0127. The zero-order valence-corrected chi connectivity index (χ0v) is 15.3. The standard InChI is InChI=1S/C20H24N4O2/c1-12-4-5-17(23-13(12)2)16-8-19(18-6-7-22-24(18)11-16)26-14(3)15-9-20(25)21-10-15/h4-8,11,14-15,20-21,25H,9-10H2,1-3H3/t14-,15-,20?/m1/s1. The molecule has 1 aliphatic heterocycles. The van der Waals surface area contributed by atoms with Crippen molar-refractivity contribution in [2.24, 2.45) is 5.92 Å². The van der Waals surface area contributed by atoms with E-state index in [0.29, 0.717) is 6.42 Å². The molecule has 4 rings (SSSR count). The molecule has 0 aliphatic carbocycles. The Morgan fingerprint density at radius 3 is 2.88 bits per heavy atom. The number of fused-ring (bicyclic) bond motifs is 1. The summed E-state index contributed by atoms with van der Waals surface area (Å²) in [5, 5.41) is 17.1. The molecule has 1 fully saturated rings. The van der Waals surface area contributed by atoms with Crippen LogP contribution in [0.2, 0.25) is 0 Å². The molecule has 0 spiro atoms. The number of rotatable bonds is 4. The van der Waals surface area contributed by atoms with Crippen molar-refractivity contribution >= 4 is 5.52 Å². The molecule has 136 valence electrons. The molecule has 3 aromatic rings. The van der Waals surface area contributed by atoms with E-state index in [4.69, 9.17) is 9.72 Å². The van der Waals surface area contributed by atoms with Crippen molar-refractivity contribution in [3.8, 4) is 17.0 Å². The summed E-state index contributed by atoms with van der Waals surface area (Å²) in [6.45, 7) is 6.89. The van der Waals surface area contributed by atoms with Gasteiger partial charge in [-0.1, -0.05) is 6.07 Å². The number of pyridine rings is 2. The molecule has 4 heterocycles. The minimum atomic E-state index is -0.438. The second kappa shape index (κ2) is 6.70. The molecule has 0 bridgehead atoms. The van der Waals surface area contributed by atoms with E-state index in [0.717, 1.165) is 34.8 Å². The maximum atomic E-state index is 9.71. The Hall–Kier alpha value is -2.44. The minimum Gasteiger partial charge on any atom is -0.488 e. The maximum Gasteiger partial charge on any atom is 0.146 e. The number of hydrogen-bond acceptors (Lipinski definition) is 5. The van der Waals surface area contributed by atoms with Crippen molar-refractivity contribution in [2.45, 2.75) is 39.5 Å². The van der Waals surface area contributed by atoms with E-state index in [-0.39, 0.29) is 12.0 Å². The summed E-state index contributed by atoms with van der Waals surface area (Å²) in [7, 11) is 0. The van der Waals surface area contributed by atoms with Gasteiger partial charge in [0.25, 0.3) is 0 Å². The maximum absolute atomic E-state index is 9.71. The Morgan fingerprint density at radius 1 is 1.31 bits per heavy atom. The lowest BCUT2D eigenvalue weighted by Crippen LogP contribution is -2.26. The molecule has 0 radical (unpaired) electrons. The van der Waals surface area contributed by atoms with Crippen LogP contribution in [-0.4, -0.2) is 38.6 Å². The van der Waals surface area contributed by atoms with Crippen LogP contribution in [0, 0.1) is 19.8 Å². The molecule has 0 amide bonds. The molecule has 26 heavy (non-hydrogen) atoms. The van der Waals surface area contributed by atoms with Gasteiger partial charge in [-0.25, -0.2) is 4.52 Å². The SMILES string of the molecule is Cc1ccc(-c2cc(O[C@H](C)[C@H]3CNC(O)C3)c3ccnn3c2)nc1C. The summed E-state index contributed by atoms with van der Waals surface area (Å²) >= 11 is 0. The Kier molecular flexibility index (Phi) is 4.38. The first-order valence-electron chi connectivity index (χ1n) is 9.01. The quantitative estimate of drug-likeness (QED) is 0.755. The molecule has 1 saturated heterocycles. The van der Waals surface area contributed by atoms with Crippen LogP contribution >= 0.6 is 0 Å². The highest BCUT2D eigenvalue weighted by Crippen LogP contribution is 2.30. The van der Waals surface area contributed by atoms with Gasteiger partial charge >= 0.3 is 0 Å². The third-order valence-electron chi connectivity index (χ3n) is 5.23. The highest BCUT2D eigenvalue weighted by atomic mass is 16.5. The molecule has 0 aromatic carbocycles. The van der Waals surface area contributed by atoms with E-state index in [9.17, 15) is 5.11 Å². The van der Waals surface area contributed by atoms with Gasteiger partial charge in [0.1, 0.15) is 23.6 Å². The number of ether oxygens (including phenoxy) is 1. The first-order chi connectivity index (χ1) is 12.5. The lowest BCUT2D eigenvalue weighted by molar-refractivity contribution is 0.128. The van der Waals surface area contributed by atoms with Crippen molar-refractivity contribution in [3.05, 3.63) is 47.9 Å². The first-order valence-corrected chi connectivity index (χ1v) is 9.01. The third kappa shape index (κ3) is 3.18. The summed E-state index contributed by atoms with van der Waals surface area (Å²) in [6, 6.07) is 8.09. The highest BCUT2D eigenvalue weighted by molar-refractivity contribution is 5.69. The number of nitrogens with one attached hydrogen (secondary N) is 1. The largest absolute Gasteiger partial charge is 0.488 e. The molecule has 6 heteroatoms. The summed E-state index contributed by atoms with van der Waals surface area (Å²) in [6.07, 6.45) is 4.00.